The third-order valence-electron chi connectivity index (χ3n) is 1.62. The highest BCUT2D eigenvalue weighted by Crippen LogP contribution is 2.19. The second-order valence-electron chi connectivity index (χ2n) is 2.47. The van der Waals surface area contributed by atoms with Gasteiger partial charge >= 0.3 is 0 Å². The summed E-state index contributed by atoms with van der Waals surface area (Å²) in [5.41, 5.74) is 0.442. The van der Waals surface area contributed by atoms with Crippen LogP contribution < -0.4 is 4.74 Å². The zero-order chi connectivity index (χ0) is 9.97. The first-order valence-electron chi connectivity index (χ1n) is 3.77. The van der Waals surface area contributed by atoms with Gasteiger partial charge in [-0.15, -0.1) is 0 Å². The first-order valence-corrected chi connectivity index (χ1v) is 3.77. The van der Waals surface area contributed by atoms with E-state index in [1.807, 2.05) is 0 Å². The molecule has 72 valence electrons. The summed E-state index contributed by atoms with van der Waals surface area (Å²) in [6.07, 6.45) is 2.57. The fraction of sp³-hybridized carbons (Fsp3) is 0.125. The van der Waals surface area contributed by atoms with Crippen molar-refractivity contribution in [2.45, 2.75) is 0 Å². The molecule has 0 amide bonds. The molecule has 0 aliphatic rings. The molecule has 0 radical (unpaired) electrons. The van der Waals surface area contributed by atoms with E-state index in [-0.39, 0.29) is 5.88 Å². The molecule has 2 rings (SSSR count). The first kappa shape index (κ1) is 8.61. The molecule has 0 bridgehead atoms. The van der Waals surface area contributed by atoms with Gasteiger partial charge in [0.1, 0.15) is 0 Å². The molecule has 0 saturated carbocycles. The Morgan fingerprint density at radius 1 is 1.43 bits per heavy atom. The van der Waals surface area contributed by atoms with Gasteiger partial charge in [-0.3, -0.25) is 0 Å². The fourth-order valence-corrected chi connectivity index (χ4v) is 0.996. The van der Waals surface area contributed by atoms with E-state index in [9.17, 15) is 4.39 Å². The van der Waals surface area contributed by atoms with Crippen LogP contribution >= 0.6 is 0 Å². The lowest BCUT2D eigenvalue weighted by Gasteiger charge is -2.00. The minimum atomic E-state index is -0.560. The van der Waals surface area contributed by atoms with Crippen molar-refractivity contribution in [3.05, 3.63) is 24.5 Å². The monoisotopic (exact) mass is 195 g/mol. The van der Waals surface area contributed by atoms with Gasteiger partial charge in [-0.1, -0.05) is 5.16 Å². The van der Waals surface area contributed by atoms with Crippen molar-refractivity contribution in [1.82, 2.24) is 15.1 Å². The van der Waals surface area contributed by atoms with Crippen molar-refractivity contribution in [3.63, 3.8) is 0 Å². The summed E-state index contributed by atoms with van der Waals surface area (Å²) >= 11 is 0. The van der Waals surface area contributed by atoms with Gasteiger partial charge in [0.2, 0.25) is 18.1 Å². The molecule has 0 fully saturated rings. The van der Waals surface area contributed by atoms with Crippen LogP contribution in [0.3, 0.4) is 0 Å². The molecular weight excluding hydrogens is 189 g/mol. The van der Waals surface area contributed by atoms with Crippen LogP contribution in [-0.2, 0) is 0 Å². The molecule has 0 aromatic carbocycles. The second-order valence-corrected chi connectivity index (χ2v) is 2.47. The number of ether oxygens (including phenoxy) is 1. The second kappa shape index (κ2) is 3.41. The molecule has 2 heterocycles. The minimum Gasteiger partial charge on any atom is -0.479 e. The number of hydrogen-bond donors (Lipinski definition) is 0. The maximum Gasteiger partial charge on any atom is 0.250 e. The number of nitrogens with zero attached hydrogens (tertiary/aromatic N) is 3. The molecule has 0 aliphatic heterocycles. The number of halogens is 1. The molecule has 2 aromatic rings. The summed E-state index contributed by atoms with van der Waals surface area (Å²) in [4.78, 5) is 7.49. The molecule has 0 atom stereocenters. The standard InChI is InChI=1S/C8H6FN3O2/c1-13-8-6(9)2-5(3-10-8)7-11-4-14-12-7/h2-4H,1H3. The highest BCUT2D eigenvalue weighted by molar-refractivity contribution is 5.53. The molecule has 2 aromatic heterocycles. The molecule has 0 spiro atoms. The molecular formula is C8H6FN3O2. The van der Waals surface area contributed by atoms with Crippen LogP contribution in [0.4, 0.5) is 4.39 Å². The van der Waals surface area contributed by atoms with Crippen LogP contribution in [0.5, 0.6) is 5.88 Å². The van der Waals surface area contributed by atoms with Gasteiger partial charge in [-0.05, 0) is 6.07 Å². The number of methoxy groups -OCH3 is 1. The number of aromatic nitrogens is 3. The average molecular weight is 195 g/mol. The smallest absolute Gasteiger partial charge is 0.250 e. The van der Waals surface area contributed by atoms with Gasteiger partial charge in [0, 0.05) is 11.8 Å². The van der Waals surface area contributed by atoms with Crippen molar-refractivity contribution in [2.24, 2.45) is 0 Å². The van der Waals surface area contributed by atoms with Gasteiger partial charge in [0.25, 0.3) is 0 Å². The Kier molecular flexibility index (Phi) is 2.10. The summed E-state index contributed by atoms with van der Waals surface area (Å²) in [6, 6.07) is 1.23. The largest absolute Gasteiger partial charge is 0.479 e. The first-order chi connectivity index (χ1) is 6.81. The summed E-state index contributed by atoms with van der Waals surface area (Å²) in [5, 5.41) is 3.55. The van der Waals surface area contributed by atoms with Crippen molar-refractivity contribution in [3.8, 4) is 17.3 Å². The number of hydrogen-bond acceptors (Lipinski definition) is 5. The summed E-state index contributed by atoms with van der Waals surface area (Å²) in [7, 11) is 1.35. The Labute approximate surface area is 78.5 Å². The van der Waals surface area contributed by atoms with Crippen molar-refractivity contribution in [2.75, 3.05) is 7.11 Å². The number of rotatable bonds is 2. The van der Waals surface area contributed by atoms with Crippen LogP contribution in [-0.4, -0.2) is 22.2 Å². The maximum absolute atomic E-state index is 13.2. The zero-order valence-electron chi connectivity index (χ0n) is 7.27. The fourth-order valence-electron chi connectivity index (χ4n) is 0.996. The van der Waals surface area contributed by atoms with Gasteiger partial charge in [0.15, 0.2) is 5.82 Å². The third-order valence-corrected chi connectivity index (χ3v) is 1.62. The molecule has 0 unspecified atom stereocenters. The molecule has 6 heteroatoms. The minimum absolute atomic E-state index is 0.0581. The van der Waals surface area contributed by atoms with Crippen molar-refractivity contribution >= 4 is 0 Å². The highest BCUT2D eigenvalue weighted by atomic mass is 19.1. The van der Waals surface area contributed by atoms with E-state index in [1.54, 1.807) is 0 Å². The van der Waals surface area contributed by atoms with Gasteiger partial charge in [-0.2, -0.15) is 4.98 Å². The normalized spacial score (nSPS) is 10.1. The van der Waals surface area contributed by atoms with Crippen LogP contribution in [0.25, 0.3) is 11.4 Å². The topological polar surface area (TPSA) is 61.0 Å². The maximum atomic E-state index is 13.2. The Bertz CT molecular complexity index is 430. The predicted molar refractivity (Wildman–Crippen MR) is 44.0 cm³/mol. The molecule has 0 saturated heterocycles. The molecule has 0 aliphatic carbocycles. The predicted octanol–water partition coefficient (Wildman–Crippen LogP) is 1.28. The van der Waals surface area contributed by atoms with E-state index in [0.29, 0.717) is 11.4 Å². The lowest BCUT2D eigenvalue weighted by atomic mass is 10.2. The van der Waals surface area contributed by atoms with Crippen molar-refractivity contribution in [1.29, 1.82) is 0 Å². The Morgan fingerprint density at radius 2 is 2.29 bits per heavy atom. The van der Waals surface area contributed by atoms with E-state index in [0.717, 1.165) is 6.39 Å². The van der Waals surface area contributed by atoms with Crippen LogP contribution in [0.1, 0.15) is 0 Å². The van der Waals surface area contributed by atoms with Crippen LogP contribution in [0.15, 0.2) is 23.2 Å². The average Bonchev–Trinajstić information content (AvgIpc) is 2.70. The van der Waals surface area contributed by atoms with Gasteiger partial charge < -0.3 is 9.26 Å². The Morgan fingerprint density at radius 3 is 2.86 bits per heavy atom. The summed E-state index contributed by atoms with van der Waals surface area (Å²) in [6.45, 7) is 0. The lowest BCUT2D eigenvalue weighted by Crippen LogP contribution is -1.93. The van der Waals surface area contributed by atoms with Gasteiger partial charge in [0.05, 0.1) is 7.11 Å². The van der Waals surface area contributed by atoms with Crippen LogP contribution in [0, 0.1) is 5.82 Å². The summed E-state index contributed by atoms with van der Waals surface area (Å²) in [5.74, 6) is -0.328. The van der Waals surface area contributed by atoms with Gasteiger partial charge in [-0.25, -0.2) is 9.37 Å². The van der Waals surface area contributed by atoms with E-state index >= 15 is 0 Å². The third kappa shape index (κ3) is 1.41. The Hall–Kier alpha value is -1.98. The summed E-state index contributed by atoms with van der Waals surface area (Å²) < 4.78 is 22.4. The van der Waals surface area contributed by atoms with Crippen LogP contribution in [0.2, 0.25) is 0 Å². The van der Waals surface area contributed by atoms with E-state index < -0.39 is 5.82 Å². The van der Waals surface area contributed by atoms with E-state index in [2.05, 4.69) is 24.4 Å². The lowest BCUT2D eigenvalue weighted by molar-refractivity contribution is 0.369. The highest BCUT2D eigenvalue weighted by Gasteiger charge is 2.09. The quantitative estimate of drug-likeness (QED) is 0.722. The Balaban J connectivity index is 2.43. The zero-order valence-corrected chi connectivity index (χ0v) is 7.27. The molecule has 0 N–H and O–H groups in total. The molecule has 5 nitrogen and oxygen atoms in total. The van der Waals surface area contributed by atoms with Crippen molar-refractivity contribution < 1.29 is 13.7 Å². The van der Waals surface area contributed by atoms with E-state index in [1.165, 1.54) is 19.4 Å². The molecule has 14 heavy (non-hydrogen) atoms. The van der Waals surface area contributed by atoms with E-state index in [4.69, 9.17) is 0 Å². The number of pyridine rings is 1. The SMILES string of the molecule is COc1ncc(-c2ncon2)cc1F.